The Morgan fingerprint density at radius 2 is 1.84 bits per heavy atom. The van der Waals surface area contributed by atoms with Gasteiger partial charge in [-0.3, -0.25) is 14.0 Å². The normalized spacial score (nSPS) is 12.8. The van der Waals surface area contributed by atoms with E-state index in [1.807, 2.05) is 0 Å². The summed E-state index contributed by atoms with van der Waals surface area (Å²) in [5.41, 5.74) is -0.655. The van der Waals surface area contributed by atoms with Crippen LogP contribution in [0.5, 0.6) is 0 Å². The number of halogens is 3. The minimum Gasteiger partial charge on any atom is -0.307 e. The van der Waals surface area contributed by atoms with Gasteiger partial charge in [0.15, 0.2) is 9.84 Å². The summed E-state index contributed by atoms with van der Waals surface area (Å²) in [7, 11) is -5.25. The molecule has 9 nitrogen and oxygen atoms in total. The molecule has 3 aromatic heterocycles. The second-order valence-corrected chi connectivity index (χ2v) is 11.2. The zero-order valence-corrected chi connectivity index (χ0v) is 20.9. The Morgan fingerprint density at radius 3 is 2.41 bits per heavy atom. The summed E-state index contributed by atoms with van der Waals surface area (Å²) in [5, 5.41) is 6.51. The van der Waals surface area contributed by atoms with Crippen molar-refractivity contribution in [1.82, 2.24) is 19.7 Å². The standard InChI is InChI=1S/C23H18F3N5O4S2/c1-36(33)17-8-15(9-18(10-17)37(2,34)35)22(32)29-21-6-5-16(13-28-21)31-20(23(24,25)26)11-19(30-31)14-4-3-7-27-12-14/h3-13H,1-2H3,(H,28,29,32). The van der Waals surface area contributed by atoms with E-state index < -0.39 is 38.4 Å². The number of aromatic nitrogens is 4. The second-order valence-electron chi connectivity index (χ2n) is 7.84. The van der Waals surface area contributed by atoms with E-state index >= 15 is 0 Å². The van der Waals surface area contributed by atoms with Gasteiger partial charge in [0.1, 0.15) is 11.5 Å². The van der Waals surface area contributed by atoms with Crippen LogP contribution in [-0.4, -0.2) is 50.8 Å². The van der Waals surface area contributed by atoms with Crippen molar-refractivity contribution in [3.8, 4) is 16.9 Å². The van der Waals surface area contributed by atoms with Crippen LogP contribution in [-0.2, 0) is 26.8 Å². The number of carbonyl (C=O) groups is 1. The summed E-state index contributed by atoms with van der Waals surface area (Å²) >= 11 is 0. The van der Waals surface area contributed by atoms with Crippen molar-refractivity contribution in [2.24, 2.45) is 0 Å². The Labute approximate surface area is 211 Å². The molecule has 0 spiro atoms. The van der Waals surface area contributed by atoms with Crippen molar-refractivity contribution in [3.05, 3.63) is 78.4 Å². The van der Waals surface area contributed by atoms with E-state index in [9.17, 15) is 30.6 Å². The molecule has 37 heavy (non-hydrogen) atoms. The Morgan fingerprint density at radius 1 is 1.08 bits per heavy atom. The summed E-state index contributed by atoms with van der Waals surface area (Å²) < 4.78 is 77.6. The molecule has 0 aliphatic carbocycles. The van der Waals surface area contributed by atoms with Crippen molar-refractivity contribution in [2.75, 3.05) is 17.8 Å². The summed E-state index contributed by atoms with van der Waals surface area (Å²) in [6, 6.07) is 10.3. The number of anilines is 1. The van der Waals surface area contributed by atoms with E-state index in [1.54, 1.807) is 12.1 Å². The first-order chi connectivity index (χ1) is 17.3. The summed E-state index contributed by atoms with van der Waals surface area (Å²) in [6.07, 6.45) is 1.57. The van der Waals surface area contributed by atoms with Gasteiger partial charge < -0.3 is 5.32 Å². The van der Waals surface area contributed by atoms with E-state index in [-0.39, 0.29) is 32.6 Å². The molecule has 4 aromatic rings. The molecular formula is C23H18F3N5O4S2. The van der Waals surface area contributed by atoms with Gasteiger partial charge in [0.25, 0.3) is 5.91 Å². The molecule has 14 heteroatoms. The summed E-state index contributed by atoms with van der Waals surface area (Å²) in [6.45, 7) is 0. The molecule has 0 aliphatic heterocycles. The molecule has 0 fully saturated rings. The third-order valence-electron chi connectivity index (χ3n) is 5.09. The van der Waals surface area contributed by atoms with E-state index in [4.69, 9.17) is 0 Å². The van der Waals surface area contributed by atoms with E-state index in [2.05, 4.69) is 20.4 Å². The van der Waals surface area contributed by atoms with Gasteiger partial charge >= 0.3 is 6.18 Å². The van der Waals surface area contributed by atoms with Crippen LogP contribution in [0.25, 0.3) is 16.9 Å². The fourth-order valence-corrected chi connectivity index (χ4v) is 4.63. The highest BCUT2D eigenvalue weighted by atomic mass is 32.2. The van der Waals surface area contributed by atoms with Crippen molar-refractivity contribution in [1.29, 1.82) is 0 Å². The molecule has 0 aliphatic rings. The van der Waals surface area contributed by atoms with E-state index in [1.165, 1.54) is 42.9 Å². The highest BCUT2D eigenvalue weighted by Gasteiger charge is 2.36. The molecule has 192 valence electrons. The van der Waals surface area contributed by atoms with Gasteiger partial charge in [-0.1, -0.05) is 0 Å². The van der Waals surface area contributed by atoms with Crippen molar-refractivity contribution in [3.63, 3.8) is 0 Å². The first kappa shape index (κ1) is 26.2. The molecule has 0 bridgehead atoms. The molecule has 4 rings (SSSR count). The van der Waals surface area contributed by atoms with Crippen LogP contribution < -0.4 is 5.32 Å². The summed E-state index contributed by atoms with van der Waals surface area (Å²) in [4.78, 5) is 20.6. The minimum absolute atomic E-state index is 0.00845. The van der Waals surface area contributed by atoms with E-state index in [0.717, 1.165) is 24.6 Å². The van der Waals surface area contributed by atoms with Crippen LogP contribution in [0, 0.1) is 0 Å². The Hall–Kier alpha value is -3.91. The molecule has 1 aromatic carbocycles. The average Bonchev–Trinajstić information content (AvgIpc) is 3.30. The van der Waals surface area contributed by atoms with Crippen LogP contribution in [0.4, 0.5) is 19.0 Å². The smallest absolute Gasteiger partial charge is 0.307 e. The number of hydrogen-bond donors (Lipinski definition) is 1. The molecule has 0 radical (unpaired) electrons. The summed E-state index contributed by atoms with van der Waals surface area (Å²) in [5.74, 6) is -0.753. The highest BCUT2D eigenvalue weighted by molar-refractivity contribution is 7.90. The maximum absolute atomic E-state index is 13.7. The maximum atomic E-state index is 13.7. The lowest BCUT2D eigenvalue weighted by Crippen LogP contribution is -2.15. The van der Waals surface area contributed by atoms with Gasteiger partial charge in [-0.05, 0) is 48.5 Å². The molecule has 3 heterocycles. The lowest BCUT2D eigenvalue weighted by atomic mass is 10.2. The molecule has 0 saturated carbocycles. The zero-order valence-electron chi connectivity index (χ0n) is 19.2. The lowest BCUT2D eigenvalue weighted by Gasteiger charge is -2.11. The number of rotatable bonds is 6. The van der Waals surface area contributed by atoms with Gasteiger partial charge in [0.2, 0.25) is 0 Å². The van der Waals surface area contributed by atoms with E-state index in [0.29, 0.717) is 10.2 Å². The number of nitrogens with zero attached hydrogens (tertiary/aromatic N) is 4. The Bertz CT molecular complexity index is 1600. The molecule has 0 saturated heterocycles. The second kappa shape index (κ2) is 9.86. The predicted octanol–water partition coefficient (Wildman–Crippen LogP) is 3.74. The monoisotopic (exact) mass is 549 g/mol. The fraction of sp³-hybridized carbons (Fsp3) is 0.130. The van der Waals surface area contributed by atoms with Crippen LogP contribution in [0.3, 0.4) is 0 Å². The third kappa shape index (κ3) is 5.91. The maximum Gasteiger partial charge on any atom is 0.433 e. The Balaban J connectivity index is 1.64. The molecule has 1 amide bonds. The number of amides is 1. The number of pyridine rings is 2. The van der Waals surface area contributed by atoms with Crippen LogP contribution in [0.2, 0.25) is 0 Å². The predicted molar refractivity (Wildman–Crippen MR) is 129 cm³/mol. The molecular weight excluding hydrogens is 531 g/mol. The fourth-order valence-electron chi connectivity index (χ4n) is 3.29. The highest BCUT2D eigenvalue weighted by Crippen LogP contribution is 2.34. The number of benzene rings is 1. The minimum atomic E-state index is -4.71. The van der Waals surface area contributed by atoms with Gasteiger partial charge in [-0.25, -0.2) is 18.1 Å². The zero-order chi connectivity index (χ0) is 27.0. The van der Waals surface area contributed by atoms with Crippen molar-refractivity contribution >= 4 is 32.4 Å². The average molecular weight is 550 g/mol. The van der Waals surface area contributed by atoms with Gasteiger partial charge in [0, 0.05) is 51.7 Å². The SMILES string of the molecule is CS(=O)c1cc(C(=O)Nc2ccc(-n3nc(-c4cccnc4)cc3C(F)(F)F)cn2)cc(S(C)(=O)=O)c1. The Kier molecular flexibility index (Phi) is 6.97. The largest absolute Gasteiger partial charge is 0.433 e. The quantitative estimate of drug-likeness (QED) is 0.389. The first-order valence-corrected chi connectivity index (χ1v) is 13.8. The topological polar surface area (TPSA) is 124 Å². The third-order valence-corrected chi connectivity index (χ3v) is 7.09. The van der Waals surface area contributed by atoms with Crippen LogP contribution in [0.15, 0.2) is 76.9 Å². The van der Waals surface area contributed by atoms with Crippen molar-refractivity contribution < 1.29 is 30.6 Å². The van der Waals surface area contributed by atoms with Gasteiger partial charge in [-0.15, -0.1) is 0 Å². The molecule has 1 N–H and O–H groups in total. The molecule has 1 atom stereocenters. The molecule has 1 unspecified atom stereocenters. The number of carbonyl (C=O) groups excluding carboxylic acids is 1. The van der Waals surface area contributed by atoms with Crippen LogP contribution >= 0.6 is 0 Å². The van der Waals surface area contributed by atoms with Gasteiger partial charge in [-0.2, -0.15) is 18.3 Å². The van der Waals surface area contributed by atoms with Crippen LogP contribution in [0.1, 0.15) is 16.1 Å². The number of nitrogens with one attached hydrogen (secondary N) is 1. The number of hydrogen-bond acceptors (Lipinski definition) is 7. The van der Waals surface area contributed by atoms with Crippen molar-refractivity contribution in [2.45, 2.75) is 16.0 Å². The van der Waals surface area contributed by atoms with Gasteiger partial charge in [0.05, 0.1) is 22.5 Å². The first-order valence-electron chi connectivity index (χ1n) is 10.4. The number of alkyl halides is 3. The lowest BCUT2D eigenvalue weighted by molar-refractivity contribution is -0.142. The number of sulfone groups is 1.